The van der Waals surface area contributed by atoms with Gasteiger partial charge >= 0.3 is 5.97 Å². The minimum absolute atomic E-state index is 0.282. The van der Waals surface area contributed by atoms with E-state index in [1.54, 1.807) is 0 Å². The van der Waals surface area contributed by atoms with Crippen LogP contribution in [0.3, 0.4) is 0 Å². The summed E-state index contributed by atoms with van der Waals surface area (Å²) in [6, 6.07) is 16.7. The molecule has 0 N–H and O–H groups in total. The monoisotopic (exact) mass is 483 g/mol. The quantitative estimate of drug-likeness (QED) is 0.285. The zero-order chi connectivity index (χ0) is 25.6. The Bertz CT molecular complexity index is 1470. The van der Waals surface area contributed by atoms with Crippen LogP contribution in [0.1, 0.15) is 56.2 Å². The largest absolute Gasteiger partial charge is 0.493 e. The molecule has 0 saturated carbocycles. The molecule has 3 aromatic carbocycles. The Kier molecular flexibility index (Phi) is 6.21. The van der Waals surface area contributed by atoms with E-state index in [0.717, 1.165) is 61.8 Å². The van der Waals surface area contributed by atoms with E-state index in [1.807, 2.05) is 59.7 Å². The van der Waals surface area contributed by atoms with E-state index in [0.29, 0.717) is 6.61 Å². The molecule has 186 valence electrons. The van der Waals surface area contributed by atoms with Crippen LogP contribution in [-0.2, 0) is 20.7 Å². The van der Waals surface area contributed by atoms with Crippen molar-refractivity contribution >= 4 is 27.6 Å². The van der Waals surface area contributed by atoms with E-state index >= 15 is 0 Å². The highest BCUT2D eigenvalue weighted by Gasteiger charge is 2.33. The van der Waals surface area contributed by atoms with Crippen LogP contribution in [0.4, 0.5) is 0 Å². The first-order valence-electron chi connectivity index (χ1n) is 12.6. The molecular formula is C31H33NO4. The number of esters is 1. The summed E-state index contributed by atoms with van der Waals surface area (Å²) < 4.78 is 18.0. The second-order valence-corrected chi connectivity index (χ2v) is 10.4. The average molecular weight is 484 g/mol. The second kappa shape index (κ2) is 9.21. The van der Waals surface area contributed by atoms with Gasteiger partial charge in [0.2, 0.25) is 0 Å². The number of carbonyl (C=O) groups excluding carboxylic acids is 1. The van der Waals surface area contributed by atoms with E-state index in [4.69, 9.17) is 19.2 Å². The van der Waals surface area contributed by atoms with Crippen molar-refractivity contribution < 1.29 is 19.0 Å². The van der Waals surface area contributed by atoms with Crippen molar-refractivity contribution in [1.82, 2.24) is 4.98 Å². The zero-order valence-electron chi connectivity index (χ0n) is 21.9. The molecule has 5 heteroatoms. The Morgan fingerprint density at radius 2 is 1.89 bits per heavy atom. The molecule has 0 aliphatic carbocycles. The van der Waals surface area contributed by atoms with Crippen LogP contribution in [0.25, 0.3) is 32.8 Å². The van der Waals surface area contributed by atoms with Gasteiger partial charge in [-0.3, -0.25) is 4.98 Å². The van der Waals surface area contributed by atoms with Gasteiger partial charge in [0.1, 0.15) is 5.75 Å². The Labute approximate surface area is 212 Å². The number of ether oxygens (including phenoxy) is 3. The van der Waals surface area contributed by atoms with Crippen LogP contribution in [-0.4, -0.2) is 29.8 Å². The lowest BCUT2D eigenvalue weighted by molar-refractivity contribution is -0.166. The van der Waals surface area contributed by atoms with Gasteiger partial charge in [-0.05, 0) is 87.4 Å². The van der Waals surface area contributed by atoms with Crippen LogP contribution in [0.15, 0.2) is 48.5 Å². The van der Waals surface area contributed by atoms with Crippen LogP contribution in [0.2, 0.25) is 0 Å². The number of rotatable bonds is 5. The summed E-state index contributed by atoms with van der Waals surface area (Å²) in [7, 11) is 0. The van der Waals surface area contributed by atoms with Gasteiger partial charge in [0, 0.05) is 28.5 Å². The summed E-state index contributed by atoms with van der Waals surface area (Å²) in [4.78, 5) is 18.2. The Balaban J connectivity index is 1.89. The molecule has 0 amide bonds. The van der Waals surface area contributed by atoms with Gasteiger partial charge in [0.05, 0.1) is 24.3 Å². The van der Waals surface area contributed by atoms with Crippen LogP contribution >= 0.6 is 0 Å². The summed E-state index contributed by atoms with van der Waals surface area (Å²) in [6.45, 7) is 12.7. The Morgan fingerprint density at radius 1 is 1.08 bits per heavy atom. The molecule has 0 spiro atoms. The lowest BCUT2D eigenvalue weighted by atomic mass is 9.85. The number of hydrogen-bond donors (Lipinski definition) is 0. The molecule has 0 radical (unpaired) electrons. The van der Waals surface area contributed by atoms with Gasteiger partial charge in [-0.25, -0.2) is 4.79 Å². The lowest BCUT2D eigenvalue weighted by Crippen LogP contribution is -2.29. The number of benzene rings is 3. The summed E-state index contributed by atoms with van der Waals surface area (Å²) in [5.41, 5.74) is 6.29. The van der Waals surface area contributed by atoms with Gasteiger partial charge in [-0.2, -0.15) is 0 Å². The van der Waals surface area contributed by atoms with Gasteiger partial charge in [0.15, 0.2) is 6.10 Å². The van der Waals surface area contributed by atoms with Gasteiger partial charge in [0.25, 0.3) is 0 Å². The predicted octanol–water partition coefficient (Wildman–Crippen LogP) is 7.03. The van der Waals surface area contributed by atoms with Crippen molar-refractivity contribution in [1.29, 1.82) is 0 Å². The van der Waals surface area contributed by atoms with Crippen molar-refractivity contribution in [3.63, 3.8) is 0 Å². The van der Waals surface area contributed by atoms with Crippen LogP contribution in [0, 0.1) is 13.8 Å². The number of nitrogens with zero attached hydrogens (tertiary/aromatic N) is 1. The number of aryl methyl sites for hydroxylation is 2. The summed E-state index contributed by atoms with van der Waals surface area (Å²) in [5.74, 6) is 0.512. The highest BCUT2D eigenvalue weighted by molar-refractivity contribution is 6.09. The summed E-state index contributed by atoms with van der Waals surface area (Å²) in [6.07, 6.45) is -0.0121. The molecule has 1 aliphatic heterocycles. The third-order valence-corrected chi connectivity index (χ3v) is 6.60. The maximum absolute atomic E-state index is 13.4. The SMILES string of the molecule is CCOC(=O)C(OC(C)(C)C)c1c(C)cc2nc(C)ccc2c1-c1ccc2c3c(cccc13)CCO2. The molecule has 0 fully saturated rings. The number of pyridine rings is 1. The van der Waals surface area contributed by atoms with Gasteiger partial charge < -0.3 is 14.2 Å². The first-order chi connectivity index (χ1) is 17.2. The van der Waals surface area contributed by atoms with Crippen molar-refractivity contribution in [2.45, 2.75) is 59.7 Å². The highest BCUT2D eigenvalue weighted by Crippen LogP contribution is 2.45. The summed E-state index contributed by atoms with van der Waals surface area (Å²) >= 11 is 0. The lowest BCUT2D eigenvalue weighted by Gasteiger charge is -2.30. The molecule has 4 aromatic rings. The number of aromatic nitrogens is 1. The molecule has 0 saturated heterocycles. The number of carbonyl (C=O) groups is 1. The number of fused-ring (bicyclic) bond motifs is 1. The smallest absolute Gasteiger partial charge is 0.339 e. The Morgan fingerprint density at radius 3 is 2.64 bits per heavy atom. The normalized spacial score (nSPS) is 14.1. The molecule has 5 nitrogen and oxygen atoms in total. The zero-order valence-corrected chi connectivity index (χ0v) is 21.9. The van der Waals surface area contributed by atoms with E-state index in [-0.39, 0.29) is 12.6 Å². The molecule has 36 heavy (non-hydrogen) atoms. The molecule has 5 rings (SSSR count). The molecule has 1 aliphatic rings. The topological polar surface area (TPSA) is 57.7 Å². The summed E-state index contributed by atoms with van der Waals surface area (Å²) in [5, 5.41) is 3.20. The maximum Gasteiger partial charge on any atom is 0.339 e. The molecule has 1 unspecified atom stereocenters. The first kappa shape index (κ1) is 24.3. The minimum Gasteiger partial charge on any atom is -0.493 e. The minimum atomic E-state index is -0.882. The van der Waals surface area contributed by atoms with Crippen molar-refractivity contribution in [2.24, 2.45) is 0 Å². The van der Waals surface area contributed by atoms with E-state index in [9.17, 15) is 4.79 Å². The molecular weight excluding hydrogens is 450 g/mol. The fourth-order valence-corrected chi connectivity index (χ4v) is 5.21. The standard InChI is InChI=1S/C31H33NO4/c1-7-34-30(33)29(36-31(4,5)6)26-18(2)17-24-23(12-11-19(3)32-24)28(26)22-13-14-25-27-20(15-16-35-25)9-8-10-21(22)27/h8-14,17,29H,7,15-16H2,1-6H3. The fourth-order valence-electron chi connectivity index (χ4n) is 5.21. The maximum atomic E-state index is 13.4. The van der Waals surface area contributed by atoms with Gasteiger partial charge in [-0.15, -0.1) is 0 Å². The Hall–Kier alpha value is -3.44. The highest BCUT2D eigenvalue weighted by atomic mass is 16.6. The van der Waals surface area contributed by atoms with Crippen molar-refractivity contribution in [2.75, 3.05) is 13.2 Å². The van der Waals surface area contributed by atoms with Gasteiger partial charge in [-0.1, -0.05) is 30.3 Å². The van der Waals surface area contributed by atoms with Crippen LogP contribution < -0.4 is 4.74 Å². The molecule has 1 atom stereocenters. The first-order valence-corrected chi connectivity index (χ1v) is 12.6. The molecule has 0 bridgehead atoms. The molecule has 1 aromatic heterocycles. The van der Waals surface area contributed by atoms with E-state index in [1.165, 1.54) is 5.56 Å². The van der Waals surface area contributed by atoms with E-state index < -0.39 is 11.7 Å². The van der Waals surface area contributed by atoms with Crippen molar-refractivity contribution in [3.05, 3.63) is 70.9 Å². The third kappa shape index (κ3) is 4.33. The third-order valence-electron chi connectivity index (χ3n) is 6.60. The average Bonchev–Trinajstić information content (AvgIpc) is 2.82. The number of hydrogen-bond acceptors (Lipinski definition) is 5. The molecule has 2 heterocycles. The van der Waals surface area contributed by atoms with E-state index in [2.05, 4.69) is 30.3 Å². The fraction of sp³-hybridized carbons (Fsp3) is 0.355. The predicted molar refractivity (Wildman–Crippen MR) is 144 cm³/mol. The van der Waals surface area contributed by atoms with Crippen LogP contribution in [0.5, 0.6) is 5.75 Å². The second-order valence-electron chi connectivity index (χ2n) is 10.4. The van der Waals surface area contributed by atoms with Crippen molar-refractivity contribution in [3.8, 4) is 16.9 Å².